The molecule has 0 spiro atoms. The van der Waals surface area contributed by atoms with Crippen LogP contribution in [0.3, 0.4) is 0 Å². The lowest BCUT2D eigenvalue weighted by molar-refractivity contribution is -0.137. The maximum Gasteiger partial charge on any atom is 0.418 e. The predicted molar refractivity (Wildman–Crippen MR) is 84.0 cm³/mol. The highest BCUT2D eigenvalue weighted by Gasteiger charge is 2.34. The molecule has 0 bridgehead atoms. The molecule has 118 valence electrons. The van der Waals surface area contributed by atoms with Crippen molar-refractivity contribution in [3.8, 4) is 5.69 Å². The van der Waals surface area contributed by atoms with Crippen LogP contribution in [-0.2, 0) is 6.18 Å². The van der Waals surface area contributed by atoms with Gasteiger partial charge in [-0.05, 0) is 37.6 Å². The smallest absolute Gasteiger partial charge is 0.276 e. The summed E-state index contributed by atoms with van der Waals surface area (Å²) in [5.74, 6) is 0. The number of hydrogen-bond acceptors (Lipinski definition) is 1. The Bertz CT molecular complexity index is 955. The van der Waals surface area contributed by atoms with E-state index in [2.05, 4.69) is 0 Å². The molecule has 0 N–H and O–H groups in total. The molecule has 1 aromatic heterocycles. The van der Waals surface area contributed by atoms with Crippen LogP contribution in [0.1, 0.15) is 16.7 Å². The number of nitrogens with zero attached hydrogens (tertiary/aromatic N) is 1. The normalized spacial score (nSPS) is 11.9. The Morgan fingerprint density at radius 1 is 0.870 bits per heavy atom. The fourth-order valence-corrected chi connectivity index (χ4v) is 2.77. The summed E-state index contributed by atoms with van der Waals surface area (Å²) in [6.45, 7) is 3.44. The monoisotopic (exact) mass is 317 g/mol. The molecular formula is C18H14F3NO. The molecule has 0 unspecified atom stereocenters. The van der Waals surface area contributed by atoms with Crippen molar-refractivity contribution >= 4 is 10.9 Å². The van der Waals surface area contributed by atoms with Crippen molar-refractivity contribution < 1.29 is 13.2 Å². The second kappa shape index (κ2) is 5.26. The first-order valence-corrected chi connectivity index (χ1v) is 7.10. The van der Waals surface area contributed by atoms with Crippen LogP contribution < -0.4 is 5.56 Å². The molecule has 0 fully saturated rings. The maximum atomic E-state index is 13.3. The molecule has 2 nitrogen and oxygen atoms in total. The van der Waals surface area contributed by atoms with Crippen molar-refractivity contribution in [3.63, 3.8) is 0 Å². The van der Waals surface area contributed by atoms with Crippen LogP contribution in [0.2, 0.25) is 0 Å². The summed E-state index contributed by atoms with van der Waals surface area (Å²) in [7, 11) is 0. The van der Waals surface area contributed by atoms with Crippen LogP contribution >= 0.6 is 0 Å². The lowest BCUT2D eigenvalue weighted by atomic mass is 10.0. The van der Waals surface area contributed by atoms with Crippen molar-refractivity contribution in [3.05, 3.63) is 75.6 Å². The van der Waals surface area contributed by atoms with Crippen molar-refractivity contribution in [2.75, 3.05) is 0 Å². The molecule has 0 saturated carbocycles. The Kier molecular flexibility index (Phi) is 3.51. The van der Waals surface area contributed by atoms with Gasteiger partial charge in [0.25, 0.3) is 5.56 Å². The minimum atomic E-state index is -4.53. The first-order valence-electron chi connectivity index (χ1n) is 7.10. The number of aromatic nitrogens is 1. The average molecular weight is 317 g/mol. The minimum absolute atomic E-state index is 0.149. The van der Waals surface area contributed by atoms with E-state index in [1.165, 1.54) is 18.2 Å². The van der Waals surface area contributed by atoms with Gasteiger partial charge >= 0.3 is 6.18 Å². The second-order valence-corrected chi connectivity index (χ2v) is 5.42. The Morgan fingerprint density at radius 2 is 1.48 bits per heavy atom. The highest BCUT2D eigenvalue weighted by atomic mass is 19.4. The fourth-order valence-electron chi connectivity index (χ4n) is 2.77. The molecule has 3 rings (SSSR count). The molecule has 3 aromatic rings. The molecule has 0 atom stereocenters. The van der Waals surface area contributed by atoms with Crippen LogP contribution in [0.15, 0.2) is 53.3 Å². The summed E-state index contributed by atoms with van der Waals surface area (Å²) in [5, 5.41) is 0.765. The van der Waals surface area contributed by atoms with Gasteiger partial charge in [-0.15, -0.1) is 0 Å². The molecule has 0 aliphatic carbocycles. The Balaban J connectivity index is 2.51. The largest absolute Gasteiger partial charge is 0.418 e. The number of pyridine rings is 1. The summed E-state index contributed by atoms with van der Waals surface area (Å²) in [4.78, 5) is 12.7. The SMILES string of the molecule is Cc1c(C)c2ccccc2n(-c2ccccc2C(F)(F)F)c1=O. The highest BCUT2D eigenvalue weighted by molar-refractivity contribution is 5.85. The van der Waals surface area contributed by atoms with Crippen molar-refractivity contribution in [2.24, 2.45) is 0 Å². The lowest BCUT2D eigenvalue weighted by Gasteiger charge is -2.18. The van der Waals surface area contributed by atoms with Crippen LogP contribution in [-0.4, -0.2) is 4.57 Å². The van der Waals surface area contributed by atoms with Gasteiger partial charge in [-0.3, -0.25) is 9.36 Å². The van der Waals surface area contributed by atoms with Gasteiger partial charge in [0.05, 0.1) is 16.8 Å². The van der Waals surface area contributed by atoms with Gasteiger partial charge < -0.3 is 0 Å². The summed E-state index contributed by atoms with van der Waals surface area (Å²) in [6, 6.07) is 12.1. The Morgan fingerprint density at radius 3 is 2.17 bits per heavy atom. The Hall–Kier alpha value is -2.56. The van der Waals surface area contributed by atoms with Gasteiger partial charge in [-0.1, -0.05) is 30.3 Å². The van der Waals surface area contributed by atoms with E-state index in [0.29, 0.717) is 11.1 Å². The number of fused-ring (bicyclic) bond motifs is 1. The van der Waals surface area contributed by atoms with Gasteiger partial charge in [0.15, 0.2) is 0 Å². The van der Waals surface area contributed by atoms with E-state index in [1.54, 1.807) is 32.0 Å². The molecule has 0 aliphatic rings. The predicted octanol–water partition coefficient (Wildman–Crippen LogP) is 4.63. The molecular weight excluding hydrogens is 303 g/mol. The molecule has 23 heavy (non-hydrogen) atoms. The lowest BCUT2D eigenvalue weighted by Crippen LogP contribution is -2.25. The average Bonchev–Trinajstić information content (AvgIpc) is 2.52. The number of halogens is 3. The zero-order valence-corrected chi connectivity index (χ0v) is 12.6. The first-order chi connectivity index (χ1) is 10.8. The van der Waals surface area contributed by atoms with Crippen molar-refractivity contribution in [2.45, 2.75) is 20.0 Å². The molecule has 0 aliphatic heterocycles. The summed E-state index contributed by atoms with van der Waals surface area (Å²) in [6.07, 6.45) is -4.53. The number of benzene rings is 2. The van der Waals surface area contributed by atoms with E-state index in [-0.39, 0.29) is 5.69 Å². The molecule has 0 radical (unpaired) electrons. The van der Waals surface area contributed by atoms with Crippen LogP contribution in [0.4, 0.5) is 13.2 Å². The van der Waals surface area contributed by atoms with Crippen LogP contribution in [0.25, 0.3) is 16.6 Å². The summed E-state index contributed by atoms with van der Waals surface area (Å²) < 4.78 is 41.1. The van der Waals surface area contributed by atoms with E-state index in [9.17, 15) is 18.0 Å². The number of aryl methyl sites for hydroxylation is 1. The topological polar surface area (TPSA) is 22.0 Å². The zero-order chi connectivity index (χ0) is 16.8. The molecule has 0 amide bonds. The second-order valence-electron chi connectivity index (χ2n) is 5.42. The Labute approximate surface area is 130 Å². The fraction of sp³-hybridized carbons (Fsp3) is 0.167. The zero-order valence-electron chi connectivity index (χ0n) is 12.6. The van der Waals surface area contributed by atoms with E-state index in [1.807, 2.05) is 6.07 Å². The van der Waals surface area contributed by atoms with E-state index < -0.39 is 17.3 Å². The van der Waals surface area contributed by atoms with Gasteiger partial charge in [-0.2, -0.15) is 13.2 Å². The van der Waals surface area contributed by atoms with Crippen molar-refractivity contribution in [1.29, 1.82) is 0 Å². The third-order valence-corrected chi connectivity index (χ3v) is 4.09. The van der Waals surface area contributed by atoms with Gasteiger partial charge in [0.2, 0.25) is 0 Å². The molecule has 0 saturated heterocycles. The van der Waals surface area contributed by atoms with Gasteiger partial charge in [-0.25, -0.2) is 0 Å². The van der Waals surface area contributed by atoms with Gasteiger partial charge in [0.1, 0.15) is 0 Å². The number of alkyl halides is 3. The van der Waals surface area contributed by atoms with E-state index >= 15 is 0 Å². The number of para-hydroxylation sites is 2. The highest BCUT2D eigenvalue weighted by Crippen LogP contribution is 2.34. The minimum Gasteiger partial charge on any atom is -0.276 e. The third-order valence-electron chi connectivity index (χ3n) is 4.09. The van der Waals surface area contributed by atoms with Crippen LogP contribution in [0, 0.1) is 13.8 Å². The summed E-state index contributed by atoms with van der Waals surface area (Å²) in [5.41, 5.74) is 0.294. The van der Waals surface area contributed by atoms with Crippen LogP contribution in [0.5, 0.6) is 0 Å². The molecule has 2 aromatic carbocycles. The maximum absolute atomic E-state index is 13.3. The van der Waals surface area contributed by atoms with Gasteiger partial charge in [0, 0.05) is 10.9 Å². The first kappa shape index (κ1) is 15.3. The quantitative estimate of drug-likeness (QED) is 0.641. The standard InChI is InChI=1S/C18H14F3NO/c1-11-12(2)17(23)22(15-9-5-3-7-13(11)15)16-10-6-4-8-14(16)18(19,20)21/h3-10H,1-2H3. The molecule has 1 heterocycles. The number of hydrogen-bond donors (Lipinski definition) is 0. The summed E-state index contributed by atoms with van der Waals surface area (Å²) >= 11 is 0. The third kappa shape index (κ3) is 2.42. The molecule has 5 heteroatoms. The van der Waals surface area contributed by atoms with Crippen molar-refractivity contribution in [1.82, 2.24) is 4.57 Å². The number of rotatable bonds is 1. The van der Waals surface area contributed by atoms with E-state index in [0.717, 1.165) is 21.6 Å². The van der Waals surface area contributed by atoms with E-state index in [4.69, 9.17) is 0 Å².